The maximum Gasteiger partial charge on any atom is 0.303 e. The zero-order valence-electron chi connectivity index (χ0n) is 31.4. The standard InChI is InChI=1S/C41H53NO10/c1-24(30-13-10-9-11-14-30)21-41(47)25(2)31(22-42)36(51-28(5)45)39(8)33(41)16-17-38(7)32-15-12-19-48-23-40(32,18-20-49-26(3)43)37(52-29(6)46)34(35(38)39)50-27(4)44/h9-15,25,31-37,47H,1,16-21,23H2,2-8H3/t25?,31?,32-,33+,34-,35-,36+,37-,38?,39-,40-,41+/m0/s1. The van der Waals surface area contributed by atoms with Crippen LogP contribution < -0.4 is 0 Å². The molecule has 3 fully saturated rings. The van der Waals surface area contributed by atoms with E-state index in [2.05, 4.69) is 25.6 Å². The number of carbonyl (C=O) groups excluding carboxylic acids is 4. The van der Waals surface area contributed by atoms with E-state index in [1.54, 1.807) is 0 Å². The monoisotopic (exact) mass is 719 g/mol. The number of aliphatic hydroxyl groups is 1. The van der Waals surface area contributed by atoms with Crippen LogP contribution in [0.15, 0.2) is 49.1 Å². The lowest BCUT2D eigenvalue weighted by atomic mass is 9.34. The second-order valence-electron chi connectivity index (χ2n) is 15.9. The number of ether oxygens (including phenoxy) is 5. The van der Waals surface area contributed by atoms with Gasteiger partial charge in [-0.05, 0) is 47.6 Å². The molecule has 52 heavy (non-hydrogen) atoms. The van der Waals surface area contributed by atoms with Gasteiger partial charge in [0.25, 0.3) is 0 Å². The molecule has 3 aliphatic carbocycles. The number of hydrogen-bond acceptors (Lipinski definition) is 11. The van der Waals surface area contributed by atoms with Crippen molar-refractivity contribution in [2.75, 3.05) is 19.8 Å². The van der Waals surface area contributed by atoms with Crippen LogP contribution in [0.5, 0.6) is 0 Å². The molecule has 3 saturated carbocycles. The van der Waals surface area contributed by atoms with E-state index in [1.165, 1.54) is 27.7 Å². The third kappa shape index (κ3) is 6.57. The summed E-state index contributed by atoms with van der Waals surface area (Å²) in [6.07, 6.45) is 2.11. The van der Waals surface area contributed by atoms with Gasteiger partial charge in [-0.15, -0.1) is 0 Å². The highest BCUT2D eigenvalue weighted by atomic mass is 16.6. The Hall–Kier alpha value is -4.01. The molecule has 0 saturated heterocycles. The molecule has 4 aliphatic rings. The Labute approximate surface area is 306 Å². The first-order valence-electron chi connectivity index (χ1n) is 18.2. The third-order valence-electron chi connectivity index (χ3n) is 13.0. The molecule has 1 aromatic rings. The second-order valence-corrected chi connectivity index (χ2v) is 15.9. The van der Waals surface area contributed by atoms with Crippen LogP contribution in [-0.2, 0) is 42.9 Å². The van der Waals surface area contributed by atoms with Gasteiger partial charge in [0.15, 0.2) is 0 Å². The first-order chi connectivity index (χ1) is 24.5. The van der Waals surface area contributed by atoms with Crippen molar-refractivity contribution in [2.24, 2.45) is 45.8 Å². The molecule has 1 aromatic carbocycles. The zero-order chi connectivity index (χ0) is 38.2. The van der Waals surface area contributed by atoms with Gasteiger partial charge in [-0.2, -0.15) is 5.26 Å². The van der Waals surface area contributed by atoms with E-state index < -0.39 is 87.7 Å². The van der Waals surface area contributed by atoms with Gasteiger partial charge in [-0.3, -0.25) is 19.2 Å². The van der Waals surface area contributed by atoms with E-state index in [0.717, 1.165) is 5.56 Å². The fraction of sp³-hybridized carbons (Fsp3) is 0.634. The van der Waals surface area contributed by atoms with Crippen molar-refractivity contribution in [1.29, 1.82) is 5.26 Å². The van der Waals surface area contributed by atoms with Crippen LogP contribution in [-0.4, -0.2) is 72.7 Å². The van der Waals surface area contributed by atoms with Crippen molar-refractivity contribution in [3.8, 4) is 6.07 Å². The lowest BCUT2D eigenvalue weighted by molar-refractivity contribution is -0.318. The van der Waals surface area contributed by atoms with Crippen molar-refractivity contribution in [3.63, 3.8) is 0 Å². The molecule has 12 atom stereocenters. The van der Waals surface area contributed by atoms with Crippen LogP contribution in [0.1, 0.15) is 79.7 Å². The molecule has 0 bridgehead atoms. The molecule has 0 spiro atoms. The van der Waals surface area contributed by atoms with Gasteiger partial charge >= 0.3 is 23.9 Å². The van der Waals surface area contributed by atoms with Gasteiger partial charge < -0.3 is 28.8 Å². The minimum Gasteiger partial charge on any atom is -0.466 e. The summed E-state index contributed by atoms with van der Waals surface area (Å²) >= 11 is 0. The summed E-state index contributed by atoms with van der Waals surface area (Å²) in [5.41, 5.74) is -2.96. The van der Waals surface area contributed by atoms with Crippen molar-refractivity contribution in [2.45, 2.75) is 98.1 Å². The number of allylic oxidation sites excluding steroid dienone is 1. The maximum atomic E-state index is 13.2. The maximum absolute atomic E-state index is 13.2. The topological polar surface area (TPSA) is 158 Å². The second kappa shape index (κ2) is 14.8. The van der Waals surface area contributed by atoms with Gasteiger partial charge in [0.1, 0.15) is 18.3 Å². The Balaban J connectivity index is 1.79. The fourth-order valence-corrected chi connectivity index (χ4v) is 11.2. The van der Waals surface area contributed by atoms with Crippen molar-refractivity contribution < 1.29 is 48.0 Å². The average molecular weight is 720 g/mol. The highest BCUT2D eigenvalue weighted by Gasteiger charge is 2.77. The molecule has 11 nitrogen and oxygen atoms in total. The molecule has 0 aromatic heterocycles. The normalized spacial score (nSPS) is 39.2. The van der Waals surface area contributed by atoms with Crippen LogP contribution in [0.4, 0.5) is 0 Å². The minimum absolute atomic E-state index is 0.000326. The highest BCUT2D eigenvalue weighted by Crippen LogP contribution is 2.73. The Morgan fingerprint density at radius 3 is 2.21 bits per heavy atom. The Bertz CT molecular complexity index is 1630. The molecular weight excluding hydrogens is 666 g/mol. The SMILES string of the molecule is C=C(C[C@@]1(O)C(C)C(C#N)[C@@H](OC(C)=O)[C@@]2(C)[C@H]1CCC1(C)[C@@H]3C=CCOC[C@]3(CCOC(C)=O)[C@@H](OC(C)=O)[C@@H](OC(C)=O)[C@@H]12)c1ccccc1. The summed E-state index contributed by atoms with van der Waals surface area (Å²) in [7, 11) is 0. The van der Waals surface area contributed by atoms with E-state index in [-0.39, 0.29) is 38.6 Å². The predicted octanol–water partition coefficient (Wildman–Crippen LogP) is 5.60. The molecule has 11 heteroatoms. The largest absolute Gasteiger partial charge is 0.466 e. The summed E-state index contributed by atoms with van der Waals surface area (Å²) in [5.74, 6) is -5.59. The summed E-state index contributed by atoms with van der Waals surface area (Å²) in [5, 5.41) is 24.1. The molecule has 1 aliphatic heterocycles. The Kier molecular flexibility index (Phi) is 11.1. The smallest absolute Gasteiger partial charge is 0.303 e. The number of carbonyl (C=O) groups is 4. The third-order valence-corrected chi connectivity index (χ3v) is 13.0. The summed E-state index contributed by atoms with van der Waals surface area (Å²) in [6, 6.07) is 12.0. The summed E-state index contributed by atoms with van der Waals surface area (Å²) < 4.78 is 30.5. The molecule has 0 amide bonds. The zero-order valence-corrected chi connectivity index (χ0v) is 31.4. The van der Waals surface area contributed by atoms with Gasteiger partial charge in [-0.1, -0.05) is 69.8 Å². The number of rotatable bonds is 9. The minimum atomic E-state index is -1.51. The number of fused-ring (bicyclic) bond motifs is 5. The summed E-state index contributed by atoms with van der Waals surface area (Å²) in [4.78, 5) is 51.3. The fourth-order valence-electron chi connectivity index (χ4n) is 11.2. The molecule has 282 valence electrons. The van der Waals surface area contributed by atoms with E-state index in [1.807, 2.05) is 50.3 Å². The molecule has 1 heterocycles. The number of hydrogen-bond donors (Lipinski definition) is 1. The molecule has 0 radical (unpaired) electrons. The molecular formula is C41H53NO10. The van der Waals surface area contributed by atoms with Gasteiger partial charge in [0.05, 0.1) is 37.4 Å². The quantitative estimate of drug-likeness (QED) is 0.192. The lowest BCUT2D eigenvalue weighted by Gasteiger charge is -2.72. The van der Waals surface area contributed by atoms with E-state index in [0.29, 0.717) is 18.4 Å². The number of benzene rings is 1. The van der Waals surface area contributed by atoms with Gasteiger partial charge in [0.2, 0.25) is 0 Å². The Morgan fingerprint density at radius 1 is 0.981 bits per heavy atom. The number of nitriles is 1. The van der Waals surface area contributed by atoms with Crippen molar-refractivity contribution in [1.82, 2.24) is 0 Å². The number of esters is 4. The van der Waals surface area contributed by atoms with Crippen LogP contribution in [0.2, 0.25) is 0 Å². The van der Waals surface area contributed by atoms with Crippen LogP contribution >= 0.6 is 0 Å². The van der Waals surface area contributed by atoms with Gasteiger partial charge in [0, 0.05) is 56.8 Å². The van der Waals surface area contributed by atoms with Crippen molar-refractivity contribution >= 4 is 29.5 Å². The van der Waals surface area contributed by atoms with Gasteiger partial charge in [-0.25, -0.2) is 0 Å². The highest BCUT2D eigenvalue weighted by molar-refractivity contribution is 5.68. The molecule has 5 rings (SSSR count). The Morgan fingerprint density at radius 2 is 1.62 bits per heavy atom. The first kappa shape index (κ1) is 39.2. The summed E-state index contributed by atoms with van der Waals surface area (Å²) in [6.45, 7) is 15.8. The average Bonchev–Trinajstić information content (AvgIpc) is 3.29. The van der Waals surface area contributed by atoms with Crippen LogP contribution in [0.3, 0.4) is 0 Å². The molecule has 3 unspecified atom stereocenters. The lowest BCUT2D eigenvalue weighted by Crippen LogP contribution is -2.77. The predicted molar refractivity (Wildman–Crippen MR) is 190 cm³/mol. The van der Waals surface area contributed by atoms with Crippen LogP contribution in [0.25, 0.3) is 5.57 Å². The van der Waals surface area contributed by atoms with Crippen LogP contribution in [0, 0.1) is 57.2 Å². The van der Waals surface area contributed by atoms with E-state index >= 15 is 0 Å². The number of nitrogens with zero attached hydrogens (tertiary/aromatic N) is 1. The first-order valence-corrected chi connectivity index (χ1v) is 18.2. The van der Waals surface area contributed by atoms with Crippen molar-refractivity contribution in [3.05, 3.63) is 54.6 Å². The molecule has 1 N–H and O–H groups in total. The van der Waals surface area contributed by atoms with E-state index in [9.17, 15) is 29.5 Å². The van der Waals surface area contributed by atoms with E-state index in [4.69, 9.17) is 23.7 Å².